The molecule has 0 aromatic heterocycles. The third-order valence-corrected chi connectivity index (χ3v) is 4.26. The van der Waals surface area contributed by atoms with E-state index in [0.717, 1.165) is 17.0 Å². The number of aromatic hydroxyl groups is 1. The Morgan fingerprint density at radius 3 is 2.72 bits per heavy atom. The van der Waals surface area contributed by atoms with Gasteiger partial charge in [-0.15, -0.1) is 0 Å². The van der Waals surface area contributed by atoms with Gasteiger partial charge in [-0.2, -0.15) is 0 Å². The highest BCUT2D eigenvalue weighted by Gasteiger charge is 2.21. The molecule has 2 N–H and O–H groups in total. The predicted molar refractivity (Wildman–Crippen MR) is 77.2 cm³/mol. The first kappa shape index (κ1) is 13.3. The summed E-state index contributed by atoms with van der Waals surface area (Å²) in [5, 5.41) is 13.4. The van der Waals surface area contributed by atoms with Crippen molar-refractivity contribution in [2.75, 3.05) is 5.32 Å². The molecule has 1 aromatic carbocycles. The number of anilines is 1. The first-order chi connectivity index (χ1) is 8.60. The fraction of sp³-hybridized carbons (Fsp3) is 0.625. The van der Waals surface area contributed by atoms with Crippen molar-refractivity contribution in [1.82, 2.24) is 0 Å². The molecule has 1 aromatic rings. The lowest BCUT2D eigenvalue weighted by Crippen LogP contribution is -2.27. The van der Waals surface area contributed by atoms with Crippen molar-refractivity contribution in [2.45, 2.75) is 58.9 Å². The first-order valence-corrected chi connectivity index (χ1v) is 7.17. The molecule has 0 heterocycles. The Morgan fingerprint density at radius 1 is 1.22 bits per heavy atom. The molecule has 1 aliphatic rings. The van der Waals surface area contributed by atoms with E-state index in [9.17, 15) is 5.11 Å². The van der Waals surface area contributed by atoms with E-state index >= 15 is 0 Å². The van der Waals surface area contributed by atoms with Gasteiger partial charge in [0.05, 0.1) is 0 Å². The molecule has 0 amide bonds. The van der Waals surface area contributed by atoms with Crippen molar-refractivity contribution in [2.24, 2.45) is 5.92 Å². The van der Waals surface area contributed by atoms with Crippen molar-refractivity contribution in [3.63, 3.8) is 0 Å². The summed E-state index contributed by atoms with van der Waals surface area (Å²) >= 11 is 0. The smallest absolute Gasteiger partial charge is 0.118 e. The standard InChI is InChI=1S/C16H25NO/c1-4-13-6-5-7-14(10-13)17-15-8-12(3)16(18)9-11(15)2/h8-9,13-14,17-18H,4-7,10H2,1-3H3. The zero-order valence-electron chi connectivity index (χ0n) is 11.8. The molecule has 0 spiro atoms. The molecule has 2 unspecified atom stereocenters. The van der Waals surface area contributed by atoms with E-state index in [2.05, 4.69) is 25.2 Å². The van der Waals surface area contributed by atoms with Gasteiger partial charge in [-0.3, -0.25) is 0 Å². The van der Waals surface area contributed by atoms with Gasteiger partial charge in [0.15, 0.2) is 0 Å². The summed E-state index contributed by atoms with van der Waals surface area (Å²) in [4.78, 5) is 0. The highest BCUT2D eigenvalue weighted by atomic mass is 16.3. The Hall–Kier alpha value is -1.18. The topological polar surface area (TPSA) is 32.3 Å². The summed E-state index contributed by atoms with van der Waals surface area (Å²) in [7, 11) is 0. The van der Waals surface area contributed by atoms with Gasteiger partial charge in [-0.1, -0.05) is 26.2 Å². The van der Waals surface area contributed by atoms with Gasteiger partial charge in [-0.05, 0) is 55.9 Å². The summed E-state index contributed by atoms with van der Waals surface area (Å²) in [6.45, 7) is 6.31. The molecule has 100 valence electrons. The summed E-state index contributed by atoms with van der Waals surface area (Å²) in [6, 6.07) is 4.53. The average molecular weight is 247 g/mol. The van der Waals surface area contributed by atoms with Gasteiger partial charge in [0.25, 0.3) is 0 Å². The van der Waals surface area contributed by atoms with Crippen LogP contribution in [0.15, 0.2) is 12.1 Å². The lowest BCUT2D eigenvalue weighted by Gasteiger charge is -2.30. The van der Waals surface area contributed by atoms with Crippen LogP contribution < -0.4 is 5.32 Å². The molecule has 0 aliphatic heterocycles. The van der Waals surface area contributed by atoms with Crippen molar-refractivity contribution < 1.29 is 5.11 Å². The number of aryl methyl sites for hydroxylation is 2. The Labute approximate surface area is 110 Å². The molecule has 2 nitrogen and oxygen atoms in total. The SMILES string of the molecule is CCC1CCCC(Nc2cc(C)c(O)cc2C)C1. The fourth-order valence-electron chi connectivity index (χ4n) is 2.97. The third kappa shape index (κ3) is 2.98. The number of benzene rings is 1. The first-order valence-electron chi connectivity index (χ1n) is 7.17. The fourth-order valence-corrected chi connectivity index (χ4v) is 2.97. The van der Waals surface area contributed by atoms with Crippen LogP contribution in [0.25, 0.3) is 0 Å². The minimum Gasteiger partial charge on any atom is -0.508 e. The number of hydrogen-bond donors (Lipinski definition) is 2. The normalized spacial score (nSPS) is 23.9. The monoisotopic (exact) mass is 247 g/mol. The molecule has 2 heteroatoms. The van der Waals surface area contributed by atoms with Crippen LogP contribution in [-0.2, 0) is 0 Å². The molecular formula is C16H25NO. The van der Waals surface area contributed by atoms with Gasteiger partial charge in [0, 0.05) is 11.7 Å². The maximum atomic E-state index is 9.68. The van der Waals surface area contributed by atoms with E-state index in [1.165, 1.54) is 37.8 Å². The summed E-state index contributed by atoms with van der Waals surface area (Å²) < 4.78 is 0. The summed E-state index contributed by atoms with van der Waals surface area (Å²) in [5.74, 6) is 1.28. The molecule has 1 fully saturated rings. The zero-order valence-corrected chi connectivity index (χ0v) is 11.8. The summed E-state index contributed by atoms with van der Waals surface area (Å²) in [5.41, 5.74) is 3.27. The number of hydrogen-bond acceptors (Lipinski definition) is 2. The second-order valence-electron chi connectivity index (χ2n) is 5.74. The molecule has 1 saturated carbocycles. The van der Waals surface area contributed by atoms with Crippen LogP contribution in [0.1, 0.15) is 50.2 Å². The van der Waals surface area contributed by atoms with E-state index in [4.69, 9.17) is 0 Å². The van der Waals surface area contributed by atoms with Crippen molar-refractivity contribution in [3.8, 4) is 5.75 Å². The van der Waals surface area contributed by atoms with Crippen molar-refractivity contribution in [3.05, 3.63) is 23.3 Å². The zero-order chi connectivity index (χ0) is 13.1. The molecule has 1 aliphatic carbocycles. The highest BCUT2D eigenvalue weighted by Crippen LogP contribution is 2.31. The van der Waals surface area contributed by atoms with Gasteiger partial charge >= 0.3 is 0 Å². The van der Waals surface area contributed by atoms with Gasteiger partial charge in [0.2, 0.25) is 0 Å². The van der Waals surface area contributed by atoms with Crippen LogP contribution in [0.2, 0.25) is 0 Å². The lowest BCUT2D eigenvalue weighted by molar-refractivity contribution is 0.327. The third-order valence-electron chi connectivity index (χ3n) is 4.26. The molecule has 18 heavy (non-hydrogen) atoms. The van der Waals surface area contributed by atoms with E-state index in [0.29, 0.717) is 11.8 Å². The van der Waals surface area contributed by atoms with E-state index in [1.54, 1.807) is 0 Å². The van der Waals surface area contributed by atoms with E-state index in [1.807, 2.05) is 13.0 Å². The van der Waals surface area contributed by atoms with E-state index in [-0.39, 0.29) is 0 Å². The molecule has 0 bridgehead atoms. The molecular weight excluding hydrogens is 222 g/mol. The van der Waals surface area contributed by atoms with Crippen LogP contribution >= 0.6 is 0 Å². The molecule has 0 radical (unpaired) electrons. The number of phenols is 1. The predicted octanol–water partition coefficient (Wildman–Crippen LogP) is 4.39. The Kier molecular flexibility index (Phi) is 4.15. The maximum Gasteiger partial charge on any atom is 0.118 e. The number of nitrogens with one attached hydrogen (secondary N) is 1. The minimum atomic E-state index is 0.396. The average Bonchev–Trinajstić information content (AvgIpc) is 2.36. The Morgan fingerprint density at radius 2 is 2.00 bits per heavy atom. The van der Waals surface area contributed by atoms with Crippen molar-refractivity contribution >= 4 is 5.69 Å². The van der Waals surface area contributed by atoms with Gasteiger partial charge < -0.3 is 10.4 Å². The molecule has 0 saturated heterocycles. The van der Waals surface area contributed by atoms with Crippen LogP contribution in [0.4, 0.5) is 5.69 Å². The van der Waals surface area contributed by atoms with Crippen LogP contribution in [0.5, 0.6) is 5.75 Å². The number of rotatable bonds is 3. The quantitative estimate of drug-likeness (QED) is 0.776. The molecule has 2 rings (SSSR count). The second-order valence-corrected chi connectivity index (χ2v) is 5.74. The lowest BCUT2D eigenvalue weighted by atomic mass is 9.84. The maximum absolute atomic E-state index is 9.68. The van der Waals surface area contributed by atoms with E-state index < -0.39 is 0 Å². The van der Waals surface area contributed by atoms with Crippen LogP contribution in [0, 0.1) is 19.8 Å². The largest absolute Gasteiger partial charge is 0.508 e. The number of phenolic OH excluding ortho intramolecular Hbond substituents is 1. The Bertz CT molecular complexity index is 414. The van der Waals surface area contributed by atoms with Gasteiger partial charge in [0.1, 0.15) is 5.75 Å². The highest BCUT2D eigenvalue weighted by molar-refractivity contribution is 5.57. The van der Waals surface area contributed by atoms with Gasteiger partial charge in [-0.25, -0.2) is 0 Å². The van der Waals surface area contributed by atoms with Crippen LogP contribution in [0.3, 0.4) is 0 Å². The Balaban J connectivity index is 2.07. The van der Waals surface area contributed by atoms with Crippen LogP contribution in [-0.4, -0.2) is 11.1 Å². The second kappa shape index (κ2) is 5.64. The summed E-state index contributed by atoms with van der Waals surface area (Å²) in [6.07, 6.45) is 6.59. The minimum absolute atomic E-state index is 0.396. The van der Waals surface area contributed by atoms with Crippen molar-refractivity contribution in [1.29, 1.82) is 0 Å². The molecule has 2 atom stereocenters.